The Kier molecular flexibility index (Phi) is 13.8. The van der Waals surface area contributed by atoms with E-state index >= 15 is 0 Å². The van der Waals surface area contributed by atoms with E-state index in [0.717, 1.165) is 78.8 Å². The summed E-state index contributed by atoms with van der Waals surface area (Å²) in [5.41, 5.74) is 4.77. The Labute approximate surface area is 303 Å². The van der Waals surface area contributed by atoms with Crippen molar-refractivity contribution in [1.82, 2.24) is 4.90 Å². The molecule has 2 aliphatic heterocycles. The fourth-order valence-electron chi connectivity index (χ4n) is 6.78. The Balaban J connectivity index is 1.26. The second-order valence-electron chi connectivity index (χ2n) is 14.5. The van der Waals surface area contributed by atoms with E-state index in [-0.39, 0.29) is 30.1 Å². The van der Waals surface area contributed by atoms with Crippen LogP contribution in [-0.4, -0.2) is 68.6 Å². The first-order valence-corrected chi connectivity index (χ1v) is 18.6. The van der Waals surface area contributed by atoms with E-state index in [2.05, 4.69) is 48.6 Å². The number of nitrogens with one attached hydrogen (secondary N) is 1. The molecule has 0 aromatic heterocycles. The summed E-state index contributed by atoms with van der Waals surface area (Å²) >= 11 is 0. The molecule has 1 N–H and O–H groups in total. The second kappa shape index (κ2) is 18.4. The number of rotatable bonds is 16. The summed E-state index contributed by atoms with van der Waals surface area (Å²) in [6.45, 7) is 10.7. The maximum Gasteiger partial charge on any atom is 0.410 e. The van der Waals surface area contributed by atoms with Crippen molar-refractivity contribution in [2.75, 3.05) is 45.3 Å². The Morgan fingerprint density at radius 3 is 2.45 bits per heavy atom. The van der Waals surface area contributed by atoms with Crippen molar-refractivity contribution in [1.29, 1.82) is 0 Å². The Morgan fingerprint density at radius 1 is 0.941 bits per heavy atom. The van der Waals surface area contributed by atoms with E-state index in [1.807, 2.05) is 51.1 Å². The van der Waals surface area contributed by atoms with Crippen molar-refractivity contribution in [3.8, 4) is 11.5 Å². The number of unbranched alkanes of at least 4 members (excludes halogenated alkanes) is 1. The van der Waals surface area contributed by atoms with Crippen molar-refractivity contribution >= 4 is 17.7 Å². The maximum atomic E-state index is 13.2. The smallest absolute Gasteiger partial charge is 0.410 e. The monoisotopic (exact) mass is 700 g/mol. The fraction of sp³-hybridized carbons (Fsp3) is 0.524. The van der Waals surface area contributed by atoms with Gasteiger partial charge in [-0.15, -0.1) is 0 Å². The largest absolute Gasteiger partial charge is 0.494 e. The van der Waals surface area contributed by atoms with Crippen LogP contribution in [0.15, 0.2) is 66.7 Å². The van der Waals surface area contributed by atoms with E-state index in [4.69, 9.17) is 23.7 Å². The van der Waals surface area contributed by atoms with Crippen molar-refractivity contribution in [3.63, 3.8) is 0 Å². The lowest BCUT2D eigenvalue weighted by atomic mass is 9.86. The standard InChI is InChI=1S/C42H56N2O7/c1-6-30-12-7-8-13-37(30)49-27-10-9-26-48-34-20-17-31(18-21-34)35-23-24-44(41(46)51-42(2,3)4)29-39(35)50-38(14-11-25-47-5)33-16-15-32-19-22-40(45)43-36(32)28-33/h7-8,12-13,15-18,20-21,28,35,38-39H,6,9-11,14,19,22-27,29H2,1-5H3,(H,43,45). The van der Waals surface area contributed by atoms with E-state index in [9.17, 15) is 9.59 Å². The van der Waals surface area contributed by atoms with Crippen LogP contribution in [0, 0.1) is 0 Å². The van der Waals surface area contributed by atoms with Gasteiger partial charge in [-0.25, -0.2) is 4.79 Å². The van der Waals surface area contributed by atoms with Gasteiger partial charge in [0.25, 0.3) is 0 Å². The fourth-order valence-corrected chi connectivity index (χ4v) is 6.78. The number of carbonyl (C=O) groups is 2. The molecule has 51 heavy (non-hydrogen) atoms. The molecule has 2 aliphatic rings. The summed E-state index contributed by atoms with van der Waals surface area (Å²) in [6, 6.07) is 22.8. The molecule has 3 unspecified atom stereocenters. The summed E-state index contributed by atoms with van der Waals surface area (Å²) < 4.78 is 30.3. The first kappa shape index (κ1) is 38.2. The average Bonchev–Trinajstić information content (AvgIpc) is 3.12. The van der Waals surface area contributed by atoms with Crippen LogP contribution in [0.1, 0.15) is 100 Å². The third-order valence-corrected chi connectivity index (χ3v) is 9.49. The molecule has 9 heteroatoms. The Hall–Kier alpha value is -4.08. The third kappa shape index (κ3) is 11.2. The number of carbonyl (C=O) groups excluding carboxylic acids is 2. The molecule has 3 atom stereocenters. The molecule has 0 saturated carbocycles. The lowest BCUT2D eigenvalue weighted by molar-refractivity contribution is -0.116. The van der Waals surface area contributed by atoms with E-state index in [1.165, 1.54) is 5.56 Å². The number of methoxy groups -OCH3 is 1. The SMILES string of the molecule is CCc1ccccc1OCCCCOc1ccc(C2CCN(C(=O)OC(C)(C)C)CC2OC(CCCOC)c2ccc3c(c2)NC(=O)CC3)cc1. The number of amides is 2. The lowest BCUT2D eigenvalue weighted by Crippen LogP contribution is -2.48. The summed E-state index contributed by atoms with van der Waals surface area (Å²) in [5, 5.41) is 3.04. The summed E-state index contributed by atoms with van der Waals surface area (Å²) in [5.74, 6) is 1.89. The number of ether oxygens (including phenoxy) is 5. The maximum absolute atomic E-state index is 13.2. The van der Waals surface area contributed by atoms with Crippen LogP contribution in [0.2, 0.25) is 0 Å². The average molecular weight is 701 g/mol. The van der Waals surface area contributed by atoms with Gasteiger partial charge in [0.15, 0.2) is 0 Å². The number of aryl methyl sites for hydroxylation is 2. The van der Waals surface area contributed by atoms with Crippen molar-refractivity contribution < 1.29 is 33.3 Å². The van der Waals surface area contributed by atoms with Crippen LogP contribution in [0.3, 0.4) is 0 Å². The molecule has 5 rings (SSSR count). The molecule has 9 nitrogen and oxygen atoms in total. The number of hydrogen-bond acceptors (Lipinski definition) is 7. The van der Waals surface area contributed by atoms with E-state index in [0.29, 0.717) is 39.3 Å². The highest BCUT2D eigenvalue weighted by Crippen LogP contribution is 2.38. The van der Waals surface area contributed by atoms with E-state index < -0.39 is 5.60 Å². The topological polar surface area (TPSA) is 95.6 Å². The lowest BCUT2D eigenvalue weighted by Gasteiger charge is -2.40. The minimum Gasteiger partial charge on any atom is -0.494 e. The van der Waals surface area contributed by atoms with Gasteiger partial charge < -0.3 is 33.9 Å². The molecule has 0 spiro atoms. The first-order valence-electron chi connectivity index (χ1n) is 18.6. The van der Waals surface area contributed by atoms with Gasteiger partial charge in [0.1, 0.15) is 17.1 Å². The minimum absolute atomic E-state index is 0.0341. The van der Waals surface area contributed by atoms with Gasteiger partial charge in [0.2, 0.25) is 5.91 Å². The highest BCUT2D eigenvalue weighted by molar-refractivity contribution is 5.94. The predicted molar refractivity (Wildman–Crippen MR) is 200 cm³/mol. The van der Waals surface area contributed by atoms with Crippen LogP contribution in [0.4, 0.5) is 10.5 Å². The van der Waals surface area contributed by atoms with Gasteiger partial charge in [0, 0.05) is 38.3 Å². The van der Waals surface area contributed by atoms with Crippen LogP contribution >= 0.6 is 0 Å². The molecule has 3 aromatic carbocycles. The normalized spacial score (nSPS) is 18.1. The number of hydrogen-bond donors (Lipinski definition) is 1. The van der Waals surface area contributed by atoms with Gasteiger partial charge in [-0.1, -0.05) is 49.4 Å². The number of nitrogens with zero attached hydrogens (tertiary/aromatic N) is 1. The molecule has 3 aromatic rings. The molecule has 1 saturated heterocycles. The van der Waals surface area contributed by atoms with Crippen LogP contribution in [-0.2, 0) is 31.8 Å². The van der Waals surface area contributed by atoms with Crippen molar-refractivity contribution in [2.45, 2.75) is 103 Å². The van der Waals surface area contributed by atoms with E-state index in [1.54, 1.807) is 12.0 Å². The zero-order valence-electron chi connectivity index (χ0n) is 31.1. The molecule has 2 heterocycles. The number of piperidine rings is 1. The molecule has 0 aliphatic carbocycles. The molecule has 0 radical (unpaired) electrons. The zero-order valence-corrected chi connectivity index (χ0v) is 31.1. The number of para-hydroxylation sites is 1. The number of likely N-dealkylation sites (tertiary alicyclic amines) is 1. The highest BCUT2D eigenvalue weighted by atomic mass is 16.6. The van der Waals surface area contributed by atoms with Crippen LogP contribution in [0.5, 0.6) is 11.5 Å². The molecule has 2 amide bonds. The Morgan fingerprint density at radius 2 is 1.71 bits per heavy atom. The summed E-state index contributed by atoms with van der Waals surface area (Å²) in [4.78, 5) is 27.2. The molecule has 0 bridgehead atoms. The van der Waals surface area contributed by atoms with Crippen LogP contribution in [0.25, 0.3) is 0 Å². The summed E-state index contributed by atoms with van der Waals surface area (Å²) in [7, 11) is 1.70. The van der Waals surface area contributed by atoms with Gasteiger partial charge >= 0.3 is 6.09 Å². The molecular formula is C42H56N2O7. The molecule has 276 valence electrons. The quantitative estimate of drug-likeness (QED) is 0.150. The minimum atomic E-state index is -0.593. The van der Waals surface area contributed by atoms with Crippen molar-refractivity contribution in [2.24, 2.45) is 0 Å². The highest BCUT2D eigenvalue weighted by Gasteiger charge is 2.37. The predicted octanol–water partition coefficient (Wildman–Crippen LogP) is 8.65. The summed E-state index contributed by atoms with van der Waals surface area (Å²) in [6.07, 6.45) is 5.40. The van der Waals surface area contributed by atoms with Gasteiger partial charge in [-0.2, -0.15) is 0 Å². The first-order chi connectivity index (χ1) is 24.6. The van der Waals surface area contributed by atoms with Gasteiger partial charge in [-0.05, 0) is 112 Å². The van der Waals surface area contributed by atoms with Gasteiger partial charge in [0.05, 0.1) is 32.0 Å². The Bertz CT molecular complexity index is 1570. The number of anilines is 1. The second-order valence-corrected chi connectivity index (χ2v) is 14.5. The van der Waals surface area contributed by atoms with Gasteiger partial charge in [-0.3, -0.25) is 4.79 Å². The third-order valence-electron chi connectivity index (χ3n) is 9.49. The molecular weight excluding hydrogens is 644 g/mol. The van der Waals surface area contributed by atoms with Crippen LogP contribution < -0.4 is 14.8 Å². The van der Waals surface area contributed by atoms with Crippen molar-refractivity contribution in [3.05, 3.63) is 89.0 Å². The zero-order chi connectivity index (χ0) is 36.2. The molecule has 1 fully saturated rings. The number of fused-ring (bicyclic) bond motifs is 1. The number of benzene rings is 3.